The summed E-state index contributed by atoms with van der Waals surface area (Å²) in [5.74, 6) is -12.8. The number of phenols is 1. The van der Waals surface area contributed by atoms with Gasteiger partial charge in [0.25, 0.3) is 5.91 Å². The van der Waals surface area contributed by atoms with E-state index in [4.69, 9.17) is 5.73 Å². The number of amides is 2. The van der Waals surface area contributed by atoms with Crippen molar-refractivity contribution in [3.05, 3.63) is 64.4 Å². The summed E-state index contributed by atoms with van der Waals surface area (Å²) < 4.78 is 39.2. The number of nitrogens with one attached hydrogen (secondary N) is 1. The number of hydrogen-bond donors (Lipinski definition) is 6. The smallest absolute Gasteiger partial charge is 0.450 e. The molecule has 2 saturated carbocycles. The van der Waals surface area contributed by atoms with Crippen LogP contribution < -0.4 is 11.1 Å². The molecule has 0 saturated heterocycles. The van der Waals surface area contributed by atoms with Gasteiger partial charge in [-0.15, -0.1) is 0 Å². The van der Waals surface area contributed by atoms with Crippen LogP contribution in [-0.2, 0) is 30.4 Å². The summed E-state index contributed by atoms with van der Waals surface area (Å²) in [6.45, 7) is 0. The largest absolute Gasteiger partial charge is 0.508 e. The van der Waals surface area contributed by atoms with Gasteiger partial charge in [-0.2, -0.15) is 13.2 Å². The quantitative estimate of drug-likeness (QED) is 0.243. The molecule has 0 spiro atoms. The van der Waals surface area contributed by atoms with E-state index in [1.807, 2.05) is 0 Å². The molecule has 2 amide bonds. The monoisotopic (exact) mass is 697 g/mol. The summed E-state index contributed by atoms with van der Waals surface area (Å²) in [5.41, 5.74) is 3.04. The SMILES string of the molecule is CN(C)C1C(=O)C(C(N)=O)=C(O)C2(O)C(=O)C3=C(O)c4c(O)ccc(-c5ccc(NC(=O)C6CCCC6C(=O)C(F)(F)F)cc5)c4CC3CC12. The molecule has 0 heterocycles. The van der Waals surface area contributed by atoms with Crippen molar-refractivity contribution in [2.75, 3.05) is 19.4 Å². The van der Waals surface area contributed by atoms with Crippen LogP contribution in [0.4, 0.5) is 18.9 Å². The van der Waals surface area contributed by atoms with Gasteiger partial charge in [-0.1, -0.05) is 24.6 Å². The number of phenolic OH excluding ortho intramolecular Hbond substituents is 1. The Hall–Kier alpha value is -5.02. The Kier molecular flexibility index (Phi) is 8.42. The van der Waals surface area contributed by atoms with Crippen molar-refractivity contribution in [3.63, 3.8) is 0 Å². The third-order valence-electron chi connectivity index (χ3n) is 10.5. The number of primary amides is 1. The van der Waals surface area contributed by atoms with E-state index in [1.165, 1.54) is 37.2 Å². The van der Waals surface area contributed by atoms with Crippen LogP contribution in [0.15, 0.2) is 53.3 Å². The third-order valence-corrected chi connectivity index (χ3v) is 10.5. The molecule has 0 radical (unpaired) electrons. The first kappa shape index (κ1) is 34.8. The first-order valence-electron chi connectivity index (χ1n) is 15.9. The molecule has 6 rings (SSSR count). The number of Topliss-reactive ketones (excluding diaryl/α,β-unsaturated/α-hetero) is 3. The predicted molar refractivity (Wildman–Crippen MR) is 170 cm³/mol. The lowest BCUT2D eigenvalue weighted by Crippen LogP contribution is -2.65. The van der Waals surface area contributed by atoms with Crippen molar-refractivity contribution in [1.29, 1.82) is 0 Å². The first-order valence-corrected chi connectivity index (χ1v) is 15.9. The van der Waals surface area contributed by atoms with Gasteiger partial charge in [0.2, 0.25) is 17.5 Å². The molecular weight excluding hydrogens is 663 g/mol. The molecule has 2 fully saturated rings. The topological polar surface area (TPSA) is 208 Å². The molecule has 12 nitrogen and oxygen atoms in total. The Morgan fingerprint density at radius 2 is 1.62 bits per heavy atom. The molecule has 2 aromatic rings. The van der Waals surface area contributed by atoms with E-state index in [0.29, 0.717) is 23.1 Å². The second-order valence-electron chi connectivity index (χ2n) is 13.5. The maximum Gasteiger partial charge on any atom is 0.450 e. The lowest BCUT2D eigenvalue weighted by atomic mass is 9.57. The standard InChI is InChI=1S/C35H34F3N3O9/c1-41(2)26-21-13-15-12-20-17(14-6-8-16(9-7-14)40-33(49)19-5-3-4-18(19)29(45)35(36,37)38)10-11-22(42)24(20)27(43)23(15)30(46)34(21,50)31(47)25(28(26)44)32(39)48/h6-11,15,18-19,21,26,42-43,47,50H,3-5,12-13H2,1-2H3,(H2,39,48)(H,40,49). The van der Waals surface area contributed by atoms with Crippen LogP contribution >= 0.6 is 0 Å². The fourth-order valence-corrected chi connectivity index (χ4v) is 8.28. The van der Waals surface area contributed by atoms with Gasteiger partial charge in [-0.3, -0.25) is 28.9 Å². The van der Waals surface area contributed by atoms with Crippen LogP contribution in [0.2, 0.25) is 0 Å². The lowest BCUT2D eigenvalue weighted by Gasteiger charge is -2.50. The van der Waals surface area contributed by atoms with Gasteiger partial charge in [0.15, 0.2) is 11.4 Å². The van der Waals surface area contributed by atoms with Crippen molar-refractivity contribution in [2.45, 2.75) is 49.9 Å². The molecule has 15 heteroatoms. The Balaban J connectivity index is 1.34. The number of carbonyl (C=O) groups excluding carboxylic acids is 5. The van der Waals surface area contributed by atoms with Crippen LogP contribution in [0.25, 0.3) is 16.9 Å². The van der Waals surface area contributed by atoms with E-state index in [0.717, 1.165) is 0 Å². The molecule has 264 valence electrons. The Morgan fingerprint density at radius 1 is 0.980 bits per heavy atom. The highest BCUT2D eigenvalue weighted by Gasteiger charge is 2.64. The number of aliphatic hydroxyl groups excluding tert-OH is 2. The fourth-order valence-electron chi connectivity index (χ4n) is 8.28. The molecule has 0 bridgehead atoms. The number of aromatic hydroxyl groups is 1. The minimum Gasteiger partial charge on any atom is -0.508 e. The number of halogens is 3. The Morgan fingerprint density at radius 3 is 2.22 bits per heavy atom. The average Bonchev–Trinajstić information content (AvgIpc) is 3.52. The van der Waals surface area contributed by atoms with Crippen LogP contribution in [0.1, 0.15) is 36.8 Å². The van der Waals surface area contributed by atoms with E-state index in [1.54, 1.807) is 18.2 Å². The molecule has 7 N–H and O–H groups in total. The molecule has 0 aromatic heterocycles. The zero-order chi connectivity index (χ0) is 36.6. The molecule has 4 aliphatic carbocycles. The number of benzene rings is 2. The molecule has 0 aliphatic heterocycles. The summed E-state index contributed by atoms with van der Waals surface area (Å²) in [6, 6.07) is 7.86. The predicted octanol–water partition coefficient (Wildman–Crippen LogP) is 3.12. The van der Waals surface area contributed by atoms with E-state index >= 15 is 0 Å². The van der Waals surface area contributed by atoms with Crippen LogP contribution in [-0.4, -0.2) is 86.4 Å². The molecule has 4 aliphatic rings. The Bertz CT molecular complexity index is 1920. The maximum atomic E-state index is 14.0. The van der Waals surface area contributed by atoms with Gasteiger partial charge in [-0.05, 0) is 80.6 Å². The minimum atomic E-state index is -5.04. The summed E-state index contributed by atoms with van der Waals surface area (Å²) in [6.07, 6.45) is -4.66. The number of anilines is 1. The van der Waals surface area contributed by atoms with Gasteiger partial charge in [0.05, 0.1) is 11.6 Å². The molecule has 50 heavy (non-hydrogen) atoms. The number of likely N-dealkylation sites (N-methyl/N-ethyl adjacent to an activating group) is 1. The van der Waals surface area contributed by atoms with Gasteiger partial charge in [0.1, 0.15) is 22.8 Å². The van der Waals surface area contributed by atoms with Gasteiger partial charge >= 0.3 is 6.18 Å². The number of carbonyl (C=O) groups is 5. The first-order chi connectivity index (χ1) is 23.4. The number of ketones is 3. The Labute approximate surface area is 283 Å². The summed E-state index contributed by atoms with van der Waals surface area (Å²) >= 11 is 0. The second-order valence-corrected chi connectivity index (χ2v) is 13.5. The van der Waals surface area contributed by atoms with Crippen LogP contribution in [0, 0.1) is 23.7 Å². The maximum absolute atomic E-state index is 14.0. The van der Waals surface area contributed by atoms with Crippen LogP contribution in [0.5, 0.6) is 5.75 Å². The van der Waals surface area contributed by atoms with Crippen molar-refractivity contribution in [1.82, 2.24) is 4.90 Å². The zero-order valence-electron chi connectivity index (χ0n) is 26.9. The second kappa shape index (κ2) is 12.1. The van der Waals surface area contributed by atoms with Crippen molar-refractivity contribution in [2.24, 2.45) is 29.4 Å². The highest BCUT2D eigenvalue weighted by Crippen LogP contribution is 2.53. The van der Waals surface area contributed by atoms with E-state index in [-0.39, 0.29) is 48.3 Å². The molecular formula is C35H34F3N3O9. The minimum absolute atomic E-state index is 0.0324. The summed E-state index contributed by atoms with van der Waals surface area (Å²) in [4.78, 5) is 65.7. The number of rotatable bonds is 6. The van der Waals surface area contributed by atoms with E-state index in [2.05, 4.69) is 5.32 Å². The zero-order valence-corrected chi connectivity index (χ0v) is 26.9. The molecule has 2 aromatic carbocycles. The van der Waals surface area contributed by atoms with Gasteiger partial charge in [0, 0.05) is 29.0 Å². The highest BCUT2D eigenvalue weighted by molar-refractivity contribution is 6.24. The highest BCUT2D eigenvalue weighted by atomic mass is 19.4. The van der Waals surface area contributed by atoms with E-state index in [9.17, 15) is 57.6 Å². The third kappa shape index (κ3) is 5.26. The summed E-state index contributed by atoms with van der Waals surface area (Å²) in [7, 11) is 3.01. The van der Waals surface area contributed by atoms with Crippen molar-refractivity contribution < 1.29 is 57.6 Å². The van der Waals surface area contributed by atoms with Gasteiger partial charge in [-0.25, -0.2) is 0 Å². The fraction of sp³-hybridized carbons (Fsp3) is 0.400. The number of nitrogens with zero attached hydrogens (tertiary/aromatic N) is 1. The normalized spacial score (nSPS) is 27.9. The number of fused-ring (bicyclic) bond motifs is 3. The number of alkyl halides is 3. The number of nitrogens with two attached hydrogens (primary N) is 1. The van der Waals surface area contributed by atoms with Gasteiger partial charge < -0.3 is 31.5 Å². The van der Waals surface area contributed by atoms with E-state index < -0.39 is 87.7 Å². The van der Waals surface area contributed by atoms with Crippen molar-refractivity contribution in [3.8, 4) is 16.9 Å². The lowest BCUT2D eigenvalue weighted by molar-refractivity contribution is -0.177. The molecule has 6 unspecified atom stereocenters. The molecule has 6 atom stereocenters. The average molecular weight is 698 g/mol. The number of aliphatic hydroxyl groups is 3. The number of hydrogen-bond acceptors (Lipinski definition) is 10. The van der Waals surface area contributed by atoms with Crippen molar-refractivity contribution >= 4 is 40.6 Å². The summed E-state index contributed by atoms with van der Waals surface area (Å²) in [5, 5.41) is 47.7. The van der Waals surface area contributed by atoms with Crippen LogP contribution in [0.3, 0.4) is 0 Å².